The second-order valence-corrected chi connectivity index (χ2v) is 7.48. The van der Waals surface area contributed by atoms with Crippen molar-refractivity contribution in [1.29, 1.82) is 0 Å². The molecular formula is C16H21N3O4S. The average molecular weight is 351 g/mol. The smallest absolute Gasteiger partial charge is 0.302 e. The van der Waals surface area contributed by atoms with E-state index < -0.39 is 26.2 Å². The first kappa shape index (κ1) is 18.2. The Balaban J connectivity index is 2.17. The van der Waals surface area contributed by atoms with Gasteiger partial charge in [0, 0.05) is 26.3 Å². The van der Waals surface area contributed by atoms with Gasteiger partial charge in [0.05, 0.1) is 0 Å². The molecule has 1 atom stereocenters. The Hall–Kier alpha value is -2.19. The van der Waals surface area contributed by atoms with Gasteiger partial charge in [-0.15, -0.1) is 0 Å². The van der Waals surface area contributed by atoms with Gasteiger partial charge in [0.25, 0.3) is 5.56 Å². The highest BCUT2D eigenvalue weighted by Crippen LogP contribution is 2.08. The highest BCUT2D eigenvalue weighted by Gasteiger charge is 2.23. The Kier molecular flexibility index (Phi) is 5.40. The molecule has 1 N–H and O–H groups in total. The summed E-state index contributed by atoms with van der Waals surface area (Å²) in [4.78, 5) is 23.3. The second kappa shape index (κ2) is 7.14. The third-order valence-electron chi connectivity index (χ3n) is 3.77. The van der Waals surface area contributed by atoms with Crippen molar-refractivity contribution in [3.8, 4) is 0 Å². The van der Waals surface area contributed by atoms with Gasteiger partial charge >= 0.3 is 5.69 Å². The molecule has 24 heavy (non-hydrogen) atoms. The standard InChI is InChI=1S/C16H21N3O4S/c1-12(9-10-13-7-5-4-6-8-13)17-24(22,23)14-11-18(2)16(21)19(3)15(14)20/h4-8,11-12,17H,9-10H2,1-3H3. The van der Waals surface area contributed by atoms with E-state index in [4.69, 9.17) is 0 Å². The van der Waals surface area contributed by atoms with Gasteiger partial charge in [-0.2, -0.15) is 0 Å². The van der Waals surface area contributed by atoms with Crippen molar-refractivity contribution < 1.29 is 8.42 Å². The highest BCUT2D eigenvalue weighted by molar-refractivity contribution is 7.89. The van der Waals surface area contributed by atoms with E-state index in [2.05, 4.69) is 4.72 Å². The number of benzene rings is 1. The fraction of sp³-hybridized carbons (Fsp3) is 0.375. The normalized spacial score (nSPS) is 13.0. The summed E-state index contributed by atoms with van der Waals surface area (Å²) in [6.45, 7) is 1.74. The zero-order chi connectivity index (χ0) is 17.9. The van der Waals surface area contributed by atoms with Crippen LogP contribution in [0.15, 0.2) is 51.0 Å². The van der Waals surface area contributed by atoms with Crippen LogP contribution < -0.4 is 16.0 Å². The van der Waals surface area contributed by atoms with Crippen LogP contribution >= 0.6 is 0 Å². The van der Waals surface area contributed by atoms with E-state index in [0.717, 1.165) is 27.3 Å². The van der Waals surface area contributed by atoms with Crippen LogP contribution in [0.3, 0.4) is 0 Å². The van der Waals surface area contributed by atoms with Gasteiger partial charge in [-0.3, -0.25) is 9.36 Å². The maximum absolute atomic E-state index is 12.5. The summed E-state index contributed by atoms with van der Waals surface area (Å²) in [6.07, 6.45) is 2.36. The van der Waals surface area contributed by atoms with E-state index in [9.17, 15) is 18.0 Å². The Bertz CT molecular complexity index is 930. The summed E-state index contributed by atoms with van der Waals surface area (Å²) in [5, 5.41) is 0. The molecule has 7 nitrogen and oxygen atoms in total. The molecule has 1 unspecified atom stereocenters. The summed E-state index contributed by atoms with van der Waals surface area (Å²) in [5.41, 5.74) is -0.293. The average Bonchev–Trinajstić information content (AvgIpc) is 2.54. The van der Waals surface area contributed by atoms with Crippen molar-refractivity contribution in [2.24, 2.45) is 14.1 Å². The molecule has 1 aromatic heterocycles. The van der Waals surface area contributed by atoms with Crippen LogP contribution in [0.5, 0.6) is 0 Å². The van der Waals surface area contributed by atoms with Crippen molar-refractivity contribution in [2.75, 3.05) is 0 Å². The Morgan fingerprint density at radius 2 is 1.75 bits per heavy atom. The van der Waals surface area contributed by atoms with Gasteiger partial charge < -0.3 is 4.57 Å². The largest absolute Gasteiger partial charge is 0.330 e. The van der Waals surface area contributed by atoms with Crippen molar-refractivity contribution in [3.63, 3.8) is 0 Å². The molecule has 0 aliphatic carbocycles. The molecule has 2 aromatic rings. The Morgan fingerprint density at radius 1 is 1.12 bits per heavy atom. The van der Waals surface area contributed by atoms with Gasteiger partial charge in [-0.05, 0) is 25.3 Å². The summed E-state index contributed by atoms with van der Waals surface area (Å²) < 4.78 is 29.3. The number of nitrogens with zero attached hydrogens (tertiary/aromatic N) is 2. The van der Waals surface area contributed by atoms with Gasteiger partial charge in [0.2, 0.25) is 10.0 Å². The minimum absolute atomic E-state index is 0.350. The zero-order valence-corrected chi connectivity index (χ0v) is 14.7. The van der Waals surface area contributed by atoms with Crippen LogP contribution in [0.2, 0.25) is 0 Å². The SMILES string of the molecule is CC(CCc1ccccc1)NS(=O)(=O)c1cn(C)c(=O)n(C)c1=O. The van der Waals surface area contributed by atoms with E-state index >= 15 is 0 Å². The maximum atomic E-state index is 12.5. The summed E-state index contributed by atoms with van der Waals surface area (Å²) >= 11 is 0. The molecule has 8 heteroatoms. The first-order chi connectivity index (χ1) is 11.2. The fourth-order valence-electron chi connectivity index (χ4n) is 2.37. The van der Waals surface area contributed by atoms with Gasteiger partial charge in [0.1, 0.15) is 0 Å². The van der Waals surface area contributed by atoms with Crippen LogP contribution in [0.25, 0.3) is 0 Å². The van der Waals surface area contributed by atoms with Crippen LogP contribution in [-0.4, -0.2) is 23.6 Å². The molecule has 0 radical (unpaired) electrons. The maximum Gasteiger partial charge on any atom is 0.330 e. The molecule has 0 aliphatic rings. The Labute approximate surface area is 140 Å². The van der Waals surface area contributed by atoms with Crippen molar-refractivity contribution in [3.05, 3.63) is 62.9 Å². The number of hydrogen-bond donors (Lipinski definition) is 1. The molecule has 0 saturated carbocycles. The minimum Gasteiger partial charge on any atom is -0.302 e. The number of rotatable bonds is 6. The molecule has 0 spiro atoms. The second-order valence-electron chi connectivity index (χ2n) is 5.80. The van der Waals surface area contributed by atoms with E-state index in [1.54, 1.807) is 6.92 Å². The third kappa shape index (κ3) is 4.01. The minimum atomic E-state index is -4.00. The lowest BCUT2D eigenvalue weighted by Gasteiger charge is -2.15. The van der Waals surface area contributed by atoms with E-state index in [1.165, 1.54) is 14.1 Å². The highest BCUT2D eigenvalue weighted by atomic mass is 32.2. The quantitative estimate of drug-likeness (QED) is 0.815. The monoisotopic (exact) mass is 351 g/mol. The lowest BCUT2D eigenvalue weighted by molar-refractivity contribution is 0.540. The molecular weight excluding hydrogens is 330 g/mol. The van der Waals surface area contributed by atoms with Crippen molar-refractivity contribution in [2.45, 2.75) is 30.7 Å². The van der Waals surface area contributed by atoms with Crippen LogP contribution in [-0.2, 0) is 30.5 Å². The van der Waals surface area contributed by atoms with E-state index in [1.807, 2.05) is 30.3 Å². The van der Waals surface area contributed by atoms with Gasteiger partial charge in [-0.25, -0.2) is 17.9 Å². The van der Waals surface area contributed by atoms with Gasteiger partial charge in [0.15, 0.2) is 4.90 Å². The topological polar surface area (TPSA) is 90.2 Å². The van der Waals surface area contributed by atoms with Crippen LogP contribution in [0, 0.1) is 0 Å². The number of sulfonamides is 1. The van der Waals surface area contributed by atoms with E-state index in [0.29, 0.717) is 6.42 Å². The molecule has 0 aliphatic heterocycles. The van der Waals surface area contributed by atoms with Crippen LogP contribution in [0.4, 0.5) is 0 Å². The fourth-order valence-corrected chi connectivity index (χ4v) is 3.81. The summed E-state index contributed by atoms with van der Waals surface area (Å²) in [7, 11) is -1.34. The van der Waals surface area contributed by atoms with Gasteiger partial charge in [-0.1, -0.05) is 30.3 Å². The van der Waals surface area contributed by atoms with E-state index in [-0.39, 0.29) is 6.04 Å². The Morgan fingerprint density at radius 3 is 2.38 bits per heavy atom. The predicted molar refractivity (Wildman–Crippen MR) is 91.5 cm³/mol. The molecule has 2 rings (SSSR count). The van der Waals surface area contributed by atoms with Crippen molar-refractivity contribution in [1.82, 2.24) is 13.9 Å². The third-order valence-corrected chi connectivity index (χ3v) is 5.34. The number of aromatic nitrogens is 2. The first-order valence-corrected chi connectivity index (χ1v) is 9.03. The lowest BCUT2D eigenvalue weighted by atomic mass is 10.1. The van der Waals surface area contributed by atoms with Crippen LogP contribution in [0.1, 0.15) is 18.9 Å². The molecule has 0 bridgehead atoms. The summed E-state index contributed by atoms with van der Waals surface area (Å²) in [6, 6.07) is 9.38. The first-order valence-electron chi connectivity index (χ1n) is 7.55. The predicted octanol–water partition coefficient (Wildman–Crippen LogP) is 0.384. The molecule has 0 amide bonds. The number of nitrogens with one attached hydrogen (secondary N) is 1. The molecule has 0 saturated heterocycles. The molecule has 1 aromatic carbocycles. The molecule has 0 fully saturated rings. The number of hydrogen-bond acceptors (Lipinski definition) is 4. The molecule has 1 heterocycles. The van der Waals surface area contributed by atoms with Crippen molar-refractivity contribution >= 4 is 10.0 Å². The summed E-state index contributed by atoms with van der Waals surface area (Å²) in [5.74, 6) is 0. The molecule has 130 valence electrons. The zero-order valence-electron chi connectivity index (χ0n) is 13.9. The number of aryl methyl sites for hydroxylation is 2. The lowest BCUT2D eigenvalue weighted by Crippen LogP contribution is -2.43.